The van der Waals surface area contributed by atoms with Crippen LogP contribution in [0.2, 0.25) is 5.02 Å². The van der Waals surface area contributed by atoms with Crippen molar-refractivity contribution in [2.24, 2.45) is 0 Å². The summed E-state index contributed by atoms with van der Waals surface area (Å²) < 4.78 is 25.7. The van der Waals surface area contributed by atoms with Crippen molar-refractivity contribution < 1.29 is 28.4 Å². The van der Waals surface area contributed by atoms with E-state index < -0.39 is 21.9 Å². The molecular formula is C26H20ClFN2O6S. The quantitative estimate of drug-likeness (QED) is 0.170. The molecule has 0 spiro atoms. The lowest BCUT2D eigenvalue weighted by Crippen LogP contribution is -2.28. The van der Waals surface area contributed by atoms with E-state index in [1.165, 1.54) is 30.3 Å². The lowest BCUT2D eigenvalue weighted by molar-refractivity contribution is -0.384. The lowest BCUT2D eigenvalue weighted by atomic mass is 10.1. The van der Waals surface area contributed by atoms with Crippen molar-refractivity contribution >= 4 is 46.3 Å². The molecule has 3 aromatic carbocycles. The first-order chi connectivity index (χ1) is 17.8. The zero-order chi connectivity index (χ0) is 26.5. The topological polar surface area (TPSA) is 99.0 Å². The highest BCUT2D eigenvalue weighted by Crippen LogP contribution is 2.36. The number of nitrogens with zero attached hydrogens (tertiary/aromatic N) is 2. The van der Waals surface area contributed by atoms with Gasteiger partial charge in [-0.3, -0.25) is 24.6 Å². The molecule has 1 saturated heterocycles. The van der Waals surface area contributed by atoms with Crippen molar-refractivity contribution in [2.75, 3.05) is 6.61 Å². The van der Waals surface area contributed by atoms with E-state index in [2.05, 4.69) is 0 Å². The normalized spacial score (nSPS) is 14.4. The maximum atomic E-state index is 14.2. The number of hydrogen-bond donors (Lipinski definition) is 0. The molecule has 0 aromatic heterocycles. The Morgan fingerprint density at radius 3 is 2.59 bits per heavy atom. The van der Waals surface area contributed by atoms with Gasteiger partial charge in [0.25, 0.3) is 16.8 Å². The molecule has 0 aliphatic carbocycles. The Balaban J connectivity index is 1.52. The molecule has 0 N–H and O–H groups in total. The lowest BCUT2D eigenvalue weighted by Gasteiger charge is -2.14. The number of carbonyl (C=O) groups is 2. The summed E-state index contributed by atoms with van der Waals surface area (Å²) in [5.74, 6) is -0.345. The van der Waals surface area contributed by atoms with Crippen LogP contribution in [-0.2, 0) is 17.9 Å². The van der Waals surface area contributed by atoms with Gasteiger partial charge < -0.3 is 9.47 Å². The smallest absolute Gasteiger partial charge is 0.293 e. The monoisotopic (exact) mass is 542 g/mol. The molecule has 37 heavy (non-hydrogen) atoms. The molecule has 0 unspecified atom stereocenters. The highest BCUT2D eigenvalue weighted by Gasteiger charge is 2.36. The van der Waals surface area contributed by atoms with Crippen LogP contribution in [0.5, 0.6) is 11.5 Å². The Labute approximate surface area is 220 Å². The van der Waals surface area contributed by atoms with E-state index in [0.717, 1.165) is 16.7 Å². The fourth-order valence-electron chi connectivity index (χ4n) is 3.55. The van der Waals surface area contributed by atoms with Crippen LogP contribution >= 0.6 is 23.4 Å². The summed E-state index contributed by atoms with van der Waals surface area (Å²) in [7, 11) is 0. The molecule has 1 aliphatic rings. The minimum absolute atomic E-state index is 0.0345. The van der Waals surface area contributed by atoms with Crippen LogP contribution in [0, 0.1) is 15.9 Å². The van der Waals surface area contributed by atoms with Crippen molar-refractivity contribution in [1.82, 2.24) is 4.90 Å². The molecule has 1 heterocycles. The minimum Gasteiger partial charge on any atom is -0.490 e. The van der Waals surface area contributed by atoms with Crippen molar-refractivity contribution in [1.29, 1.82) is 0 Å². The molecule has 0 radical (unpaired) electrons. The van der Waals surface area contributed by atoms with Crippen LogP contribution in [0.25, 0.3) is 6.08 Å². The largest absolute Gasteiger partial charge is 0.490 e. The number of ether oxygens (including phenoxy) is 2. The van der Waals surface area contributed by atoms with Crippen LogP contribution < -0.4 is 9.47 Å². The molecule has 8 nitrogen and oxygen atoms in total. The predicted octanol–water partition coefficient (Wildman–Crippen LogP) is 6.60. The zero-order valence-corrected chi connectivity index (χ0v) is 21.1. The molecule has 0 bridgehead atoms. The Kier molecular flexibility index (Phi) is 8.10. The van der Waals surface area contributed by atoms with E-state index in [-0.39, 0.29) is 34.3 Å². The minimum atomic E-state index is -0.599. The molecular weight excluding hydrogens is 523 g/mol. The van der Waals surface area contributed by atoms with Crippen LogP contribution in [0.4, 0.5) is 14.9 Å². The first kappa shape index (κ1) is 26.2. The molecule has 190 valence electrons. The number of nitro benzene ring substituents is 1. The van der Waals surface area contributed by atoms with Crippen LogP contribution in [0.1, 0.15) is 23.6 Å². The summed E-state index contributed by atoms with van der Waals surface area (Å²) in [5.41, 5.74) is 1.23. The number of benzene rings is 3. The van der Waals surface area contributed by atoms with Crippen LogP contribution in [0.3, 0.4) is 0 Å². The summed E-state index contributed by atoms with van der Waals surface area (Å²) in [6.45, 7) is 1.95. The number of rotatable bonds is 9. The number of hydrogen-bond acceptors (Lipinski definition) is 7. The number of non-ortho nitro benzene ring substituents is 1. The third-order valence-corrected chi connectivity index (χ3v) is 6.59. The second-order valence-corrected chi connectivity index (χ2v) is 9.22. The Bertz CT molecular complexity index is 1390. The van der Waals surface area contributed by atoms with Gasteiger partial charge in [0.1, 0.15) is 12.4 Å². The van der Waals surface area contributed by atoms with E-state index in [9.17, 15) is 24.1 Å². The highest BCUT2D eigenvalue weighted by atomic mass is 35.5. The highest BCUT2D eigenvalue weighted by molar-refractivity contribution is 8.18. The first-order valence-electron chi connectivity index (χ1n) is 11.1. The second-order valence-electron chi connectivity index (χ2n) is 7.82. The van der Waals surface area contributed by atoms with Crippen molar-refractivity contribution in [3.8, 4) is 11.5 Å². The third kappa shape index (κ3) is 6.10. The second kappa shape index (κ2) is 11.4. The van der Waals surface area contributed by atoms with Crippen molar-refractivity contribution in [2.45, 2.75) is 20.1 Å². The summed E-state index contributed by atoms with van der Waals surface area (Å²) in [6.07, 6.45) is 1.54. The Morgan fingerprint density at radius 2 is 1.86 bits per heavy atom. The summed E-state index contributed by atoms with van der Waals surface area (Å²) in [5, 5.41) is 10.6. The van der Waals surface area contributed by atoms with Gasteiger partial charge >= 0.3 is 0 Å². The number of amides is 2. The van der Waals surface area contributed by atoms with E-state index in [4.69, 9.17) is 21.1 Å². The molecule has 3 aromatic rings. The summed E-state index contributed by atoms with van der Waals surface area (Å²) in [4.78, 5) is 37.0. The number of halogens is 2. The van der Waals surface area contributed by atoms with Gasteiger partial charge in [-0.1, -0.05) is 35.9 Å². The molecule has 2 amide bonds. The third-order valence-electron chi connectivity index (χ3n) is 5.33. The first-order valence-corrected chi connectivity index (χ1v) is 12.3. The maximum absolute atomic E-state index is 14.2. The fourth-order valence-corrected chi connectivity index (χ4v) is 4.61. The average molecular weight is 543 g/mol. The molecule has 1 fully saturated rings. The molecule has 11 heteroatoms. The summed E-state index contributed by atoms with van der Waals surface area (Å²) >= 11 is 6.80. The Hall–Kier alpha value is -3.89. The number of carbonyl (C=O) groups excluding carboxylic acids is 2. The summed E-state index contributed by atoms with van der Waals surface area (Å²) in [6, 6.07) is 15.3. The van der Waals surface area contributed by atoms with E-state index in [1.807, 2.05) is 0 Å². The van der Waals surface area contributed by atoms with Crippen LogP contribution in [0.15, 0.2) is 65.6 Å². The van der Waals surface area contributed by atoms with E-state index in [0.29, 0.717) is 29.2 Å². The molecule has 1 aliphatic heterocycles. The zero-order valence-electron chi connectivity index (χ0n) is 19.5. The van der Waals surface area contributed by atoms with Crippen molar-refractivity contribution in [3.63, 3.8) is 0 Å². The number of thioether (sulfide) groups is 1. The van der Waals surface area contributed by atoms with Crippen LogP contribution in [-0.4, -0.2) is 27.6 Å². The van der Waals surface area contributed by atoms with Gasteiger partial charge in [-0.25, -0.2) is 4.39 Å². The van der Waals surface area contributed by atoms with Crippen molar-refractivity contribution in [3.05, 3.63) is 103 Å². The average Bonchev–Trinajstić information content (AvgIpc) is 3.13. The molecule has 0 atom stereocenters. The maximum Gasteiger partial charge on any atom is 0.293 e. The van der Waals surface area contributed by atoms with Gasteiger partial charge in [0.15, 0.2) is 11.5 Å². The fraction of sp³-hybridized carbons (Fsp3) is 0.154. The van der Waals surface area contributed by atoms with Gasteiger partial charge in [-0.15, -0.1) is 0 Å². The van der Waals surface area contributed by atoms with E-state index >= 15 is 0 Å². The SMILES string of the molecule is CCOc1cc(/C=C2/SC(=O)N(Cc3c(F)cccc3Cl)C2=O)ccc1OCc1cccc([N+](=O)[O-])c1. The predicted molar refractivity (Wildman–Crippen MR) is 138 cm³/mol. The standard InChI is InChI=1S/C26H20ClFN2O6S/c1-2-35-23-12-16(9-10-22(23)36-15-17-5-3-6-18(11-17)30(33)34)13-24-25(31)29(26(32)37-24)14-19-20(27)7-4-8-21(19)28/h3-13H,2,14-15H2,1H3/b24-13+. The van der Waals surface area contributed by atoms with E-state index in [1.54, 1.807) is 43.3 Å². The van der Waals surface area contributed by atoms with Gasteiger partial charge in [0.2, 0.25) is 0 Å². The Morgan fingerprint density at radius 1 is 1.08 bits per heavy atom. The number of imide groups is 1. The van der Waals surface area contributed by atoms with Gasteiger partial charge in [0.05, 0.1) is 23.0 Å². The van der Waals surface area contributed by atoms with Gasteiger partial charge in [0, 0.05) is 22.7 Å². The number of nitro groups is 1. The van der Waals surface area contributed by atoms with Gasteiger partial charge in [-0.05, 0) is 60.2 Å². The molecule has 0 saturated carbocycles. The van der Waals surface area contributed by atoms with Gasteiger partial charge in [-0.2, -0.15) is 0 Å². The molecule has 4 rings (SSSR count).